The minimum Gasteiger partial charge on any atom is -0.354 e. The van der Waals surface area contributed by atoms with Gasteiger partial charge in [-0.15, -0.1) is 11.5 Å². The van der Waals surface area contributed by atoms with Crippen molar-refractivity contribution in [3.05, 3.63) is 35.9 Å². The summed E-state index contributed by atoms with van der Waals surface area (Å²) in [5.41, 5.74) is 6.52. The Bertz CT molecular complexity index is 727. The highest BCUT2D eigenvalue weighted by molar-refractivity contribution is 6.90. The summed E-state index contributed by atoms with van der Waals surface area (Å²) in [5, 5.41) is 3.25. The van der Waals surface area contributed by atoms with E-state index in [1.165, 1.54) is 5.56 Å². The fourth-order valence-electron chi connectivity index (χ4n) is 4.80. The van der Waals surface area contributed by atoms with Gasteiger partial charge in [0.05, 0.1) is 0 Å². The van der Waals surface area contributed by atoms with Crippen LogP contribution in [0, 0.1) is 22.3 Å². The molecule has 1 aromatic carbocycles. The van der Waals surface area contributed by atoms with Crippen LogP contribution in [0.1, 0.15) is 87.6 Å². The Hall–Kier alpha value is -1.53. The van der Waals surface area contributed by atoms with E-state index >= 15 is 0 Å². The zero-order chi connectivity index (χ0) is 23.9. The molecule has 1 aromatic rings. The van der Waals surface area contributed by atoms with Crippen LogP contribution < -0.4 is 5.32 Å². The van der Waals surface area contributed by atoms with Gasteiger partial charge in [-0.3, -0.25) is 4.79 Å². The molecule has 0 aliphatic heterocycles. The van der Waals surface area contributed by atoms with E-state index in [-0.39, 0.29) is 11.3 Å². The van der Waals surface area contributed by atoms with Crippen LogP contribution in [-0.4, -0.2) is 20.5 Å². The first-order valence-corrected chi connectivity index (χ1v) is 14.4. The lowest BCUT2D eigenvalue weighted by atomic mass is 9.80. The van der Waals surface area contributed by atoms with Crippen molar-refractivity contribution in [2.45, 2.75) is 105 Å². The molecule has 0 radical (unpaired) electrons. The van der Waals surface area contributed by atoms with E-state index in [1.807, 2.05) is 20.8 Å². The molecule has 0 heterocycles. The zero-order valence-corrected chi connectivity index (χ0v) is 22.9. The van der Waals surface area contributed by atoms with E-state index in [1.54, 1.807) is 0 Å². The minimum absolute atomic E-state index is 0.104. The van der Waals surface area contributed by atoms with Crippen LogP contribution in [0.4, 0.5) is 0 Å². The van der Waals surface area contributed by atoms with Crippen molar-refractivity contribution in [3.63, 3.8) is 0 Å². The number of nitrogens with one attached hydrogen (secondary N) is 1. The molecule has 2 nitrogen and oxygen atoms in total. The molecule has 31 heavy (non-hydrogen) atoms. The first kappa shape index (κ1) is 27.5. The summed E-state index contributed by atoms with van der Waals surface area (Å²) >= 11 is 0. The molecule has 0 saturated heterocycles. The number of carbonyl (C=O) groups is 1. The Morgan fingerprint density at radius 1 is 0.968 bits per heavy atom. The number of benzene rings is 1. The molecular weight excluding hydrogens is 394 g/mol. The molecule has 0 aliphatic carbocycles. The maximum absolute atomic E-state index is 12.7. The quantitative estimate of drug-likeness (QED) is 0.314. The Labute approximate surface area is 194 Å². The summed E-state index contributed by atoms with van der Waals surface area (Å²) in [5.74, 6) is 3.95. The molecule has 0 unspecified atom stereocenters. The molecule has 1 N–H and O–H groups in total. The molecule has 0 aromatic heterocycles. The van der Waals surface area contributed by atoms with Crippen molar-refractivity contribution in [3.8, 4) is 11.5 Å². The number of hydrogen-bond donors (Lipinski definition) is 1. The fraction of sp³-hybridized carbons (Fsp3) is 0.679. The summed E-state index contributed by atoms with van der Waals surface area (Å²) in [6, 6.07) is 10.6. The average molecular weight is 442 g/mol. The molecular formula is C28H47NOSi. The van der Waals surface area contributed by atoms with E-state index in [0.29, 0.717) is 23.2 Å². The van der Waals surface area contributed by atoms with Crippen molar-refractivity contribution in [2.75, 3.05) is 6.54 Å². The van der Waals surface area contributed by atoms with Gasteiger partial charge in [0.15, 0.2) is 0 Å². The smallest absolute Gasteiger partial charge is 0.225 e. The van der Waals surface area contributed by atoms with Crippen LogP contribution in [0.3, 0.4) is 0 Å². The van der Waals surface area contributed by atoms with Crippen molar-refractivity contribution in [2.24, 2.45) is 10.8 Å². The number of carbonyl (C=O) groups excluding carboxylic acids is 1. The van der Waals surface area contributed by atoms with Crippen molar-refractivity contribution >= 4 is 14.0 Å². The van der Waals surface area contributed by atoms with E-state index in [9.17, 15) is 4.79 Å². The van der Waals surface area contributed by atoms with Gasteiger partial charge in [0, 0.05) is 17.4 Å². The maximum atomic E-state index is 12.7. The van der Waals surface area contributed by atoms with Crippen molar-refractivity contribution < 1.29 is 4.79 Å². The van der Waals surface area contributed by atoms with Crippen LogP contribution >= 0.6 is 0 Å². The Kier molecular flexibility index (Phi) is 10.1. The number of amides is 1. The third kappa shape index (κ3) is 7.24. The Balaban J connectivity index is 3.36. The van der Waals surface area contributed by atoms with E-state index < -0.39 is 13.5 Å². The SMILES string of the molecule is CC[C@](C#C[Si](C(C)C)(C(C)C)C(C)C)(CCc1ccccc1)CNC(=O)C(C)(C)C. The molecule has 0 bridgehead atoms. The zero-order valence-electron chi connectivity index (χ0n) is 21.9. The number of hydrogen-bond acceptors (Lipinski definition) is 1. The first-order valence-electron chi connectivity index (χ1n) is 12.2. The van der Waals surface area contributed by atoms with E-state index in [2.05, 4.69) is 95.6 Å². The van der Waals surface area contributed by atoms with Gasteiger partial charge in [0.25, 0.3) is 0 Å². The van der Waals surface area contributed by atoms with Crippen molar-refractivity contribution in [1.29, 1.82) is 0 Å². The van der Waals surface area contributed by atoms with Crippen LogP contribution in [0.15, 0.2) is 30.3 Å². The van der Waals surface area contributed by atoms with Gasteiger partial charge in [-0.1, -0.05) is 99.6 Å². The van der Waals surface area contributed by atoms with E-state index in [0.717, 1.165) is 19.3 Å². The second-order valence-electron chi connectivity index (χ2n) is 11.2. The van der Waals surface area contributed by atoms with Gasteiger partial charge in [-0.2, -0.15) is 0 Å². The third-order valence-electron chi connectivity index (χ3n) is 7.09. The summed E-state index contributed by atoms with van der Waals surface area (Å²) < 4.78 is 0. The molecule has 174 valence electrons. The summed E-state index contributed by atoms with van der Waals surface area (Å²) in [4.78, 5) is 12.7. The van der Waals surface area contributed by atoms with Gasteiger partial charge in [-0.05, 0) is 41.4 Å². The first-order chi connectivity index (χ1) is 14.3. The Morgan fingerprint density at radius 3 is 1.90 bits per heavy atom. The lowest BCUT2D eigenvalue weighted by molar-refractivity contribution is -0.128. The van der Waals surface area contributed by atoms with Crippen molar-refractivity contribution in [1.82, 2.24) is 5.32 Å². The molecule has 1 rings (SSSR count). The molecule has 0 spiro atoms. The topological polar surface area (TPSA) is 29.1 Å². The standard InChI is InChI=1S/C28H47NOSi/c1-11-28(21-29-26(30)27(8,9)10,18-17-25-15-13-12-14-16-25)19-20-31(22(2)3,23(4)5)24(6)7/h12-16,22-24H,11,17-18,21H2,1-10H3,(H,29,30)/t28-/m1/s1. The minimum atomic E-state index is -1.83. The van der Waals surface area contributed by atoms with Crippen LogP contribution in [-0.2, 0) is 11.2 Å². The highest BCUT2D eigenvalue weighted by atomic mass is 28.3. The summed E-state index contributed by atoms with van der Waals surface area (Å²) in [6.07, 6.45) is 2.88. The molecule has 3 heteroatoms. The normalized spacial score (nSPS) is 14.4. The molecule has 0 fully saturated rings. The number of rotatable bonds is 9. The molecule has 1 amide bonds. The largest absolute Gasteiger partial charge is 0.354 e. The van der Waals surface area contributed by atoms with Gasteiger partial charge in [-0.25, -0.2) is 0 Å². The average Bonchev–Trinajstić information content (AvgIpc) is 2.69. The van der Waals surface area contributed by atoms with Gasteiger partial charge in [0.1, 0.15) is 8.07 Å². The monoisotopic (exact) mass is 441 g/mol. The molecule has 1 atom stereocenters. The van der Waals surface area contributed by atoms with Crippen LogP contribution in [0.25, 0.3) is 0 Å². The van der Waals surface area contributed by atoms with Gasteiger partial charge >= 0.3 is 0 Å². The second kappa shape index (κ2) is 11.4. The second-order valence-corrected chi connectivity index (χ2v) is 16.8. The lowest BCUT2D eigenvalue weighted by Crippen LogP contribution is -2.45. The third-order valence-corrected chi connectivity index (χ3v) is 13.4. The van der Waals surface area contributed by atoms with Crippen LogP contribution in [0.5, 0.6) is 0 Å². The van der Waals surface area contributed by atoms with E-state index in [4.69, 9.17) is 0 Å². The summed E-state index contributed by atoms with van der Waals surface area (Å²) in [7, 11) is -1.83. The predicted octanol–water partition coefficient (Wildman–Crippen LogP) is 7.40. The lowest BCUT2D eigenvalue weighted by Gasteiger charge is -2.39. The summed E-state index contributed by atoms with van der Waals surface area (Å²) in [6.45, 7) is 22.9. The fourth-order valence-corrected chi connectivity index (χ4v) is 10.1. The predicted molar refractivity (Wildman–Crippen MR) is 139 cm³/mol. The van der Waals surface area contributed by atoms with Crippen LogP contribution in [0.2, 0.25) is 16.6 Å². The Morgan fingerprint density at radius 2 is 1.48 bits per heavy atom. The molecule has 0 aliphatic rings. The van der Waals surface area contributed by atoms with Gasteiger partial charge < -0.3 is 5.32 Å². The number of aryl methyl sites for hydroxylation is 1. The van der Waals surface area contributed by atoms with Gasteiger partial charge in [0.2, 0.25) is 5.91 Å². The molecule has 0 saturated carbocycles. The highest BCUT2D eigenvalue weighted by Gasteiger charge is 2.42. The highest BCUT2D eigenvalue weighted by Crippen LogP contribution is 2.41. The maximum Gasteiger partial charge on any atom is 0.225 e.